The Balaban J connectivity index is 1.42. The number of nitrogens with zero attached hydrogens (tertiary/aromatic N) is 1. The number of amides is 1. The third-order valence-corrected chi connectivity index (χ3v) is 5.95. The third-order valence-electron chi connectivity index (χ3n) is 5.95. The minimum Gasteiger partial charge on any atom is -0.481 e. The maximum absolute atomic E-state index is 12.5. The van der Waals surface area contributed by atoms with Gasteiger partial charge in [-0.05, 0) is 93.6 Å². The van der Waals surface area contributed by atoms with Crippen LogP contribution in [0.1, 0.15) is 63.5 Å². The Kier molecular flexibility index (Phi) is 7.57. The number of ether oxygens (including phenoxy) is 1. The molecule has 1 aliphatic heterocycles. The molecule has 1 N–H and O–H groups in total. The molecule has 1 heterocycles. The fraction of sp³-hybridized carbons (Fsp3) is 0.696. The molecule has 27 heavy (non-hydrogen) atoms. The van der Waals surface area contributed by atoms with Gasteiger partial charge in [0.05, 0.1) is 0 Å². The van der Waals surface area contributed by atoms with E-state index in [-0.39, 0.29) is 5.91 Å². The summed E-state index contributed by atoms with van der Waals surface area (Å²) < 4.78 is 6.03. The van der Waals surface area contributed by atoms with Crippen molar-refractivity contribution in [2.75, 3.05) is 26.2 Å². The van der Waals surface area contributed by atoms with E-state index < -0.39 is 6.10 Å². The largest absolute Gasteiger partial charge is 0.481 e. The first-order valence-electron chi connectivity index (χ1n) is 10.9. The lowest BCUT2D eigenvalue weighted by Gasteiger charge is -2.30. The van der Waals surface area contributed by atoms with Gasteiger partial charge < -0.3 is 15.0 Å². The van der Waals surface area contributed by atoms with Gasteiger partial charge in [-0.3, -0.25) is 4.79 Å². The van der Waals surface area contributed by atoms with Gasteiger partial charge in [0.15, 0.2) is 6.10 Å². The van der Waals surface area contributed by atoms with E-state index >= 15 is 0 Å². The molecule has 2 atom stereocenters. The van der Waals surface area contributed by atoms with Crippen LogP contribution in [0, 0.1) is 5.92 Å². The lowest BCUT2D eigenvalue weighted by molar-refractivity contribution is -0.128. The molecular weight excluding hydrogens is 336 g/mol. The van der Waals surface area contributed by atoms with Crippen LogP contribution in [0.25, 0.3) is 0 Å². The zero-order chi connectivity index (χ0) is 19.1. The van der Waals surface area contributed by atoms with Crippen LogP contribution in [0.3, 0.4) is 0 Å². The number of rotatable bonds is 8. The average Bonchev–Trinajstić information content (AvgIpc) is 2.69. The number of hydrogen-bond acceptors (Lipinski definition) is 3. The highest BCUT2D eigenvalue weighted by molar-refractivity contribution is 5.81. The van der Waals surface area contributed by atoms with Gasteiger partial charge in [-0.25, -0.2) is 0 Å². The molecule has 2 aliphatic rings. The van der Waals surface area contributed by atoms with Crippen LogP contribution in [-0.4, -0.2) is 43.1 Å². The summed E-state index contributed by atoms with van der Waals surface area (Å²) in [4.78, 5) is 15.0. The van der Waals surface area contributed by atoms with Crippen LogP contribution in [-0.2, 0) is 17.6 Å². The standard InChI is InChI=1S/C23H36N2O2/c1-3-22(27-21-12-11-19-9-4-5-10-20(19)16-21)23(26)24-13-7-15-25-14-6-8-18(2)17-25/h11-12,16,18,22H,3-10,13-15,17H2,1-2H3,(H,24,26). The van der Waals surface area contributed by atoms with E-state index in [1.54, 1.807) is 0 Å². The van der Waals surface area contributed by atoms with Crippen LogP contribution in [0.4, 0.5) is 0 Å². The summed E-state index contributed by atoms with van der Waals surface area (Å²) in [5.41, 5.74) is 2.84. The molecule has 4 nitrogen and oxygen atoms in total. The monoisotopic (exact) mass is 372 g/mol. The molecule has 1 aliphatic carbocycles. The molecule has 1 fully saturated rings. The van der Waals surface area contributed by atoms with Crippen molar-refractivity contribution in [1.29, 1.82) is 0 Å². The van der Waals surface area contributed by atoms with Crippen LogP contribution < -0.4 is 10.1 Å². The fourth-order valence-corrected chi connectivity index (χ4v) is 4.39. The van der Waals surface area contributed by atoms with Crippen molar-refractivity contribution in [3.8, 4) is 5.75 Å². The second kappa shape index (κ2) is 10.1. The Bertz CT molecular complexity index is 616. The summed E-state index contributed by atoms with van der Waals surface area (Å²) in [5, 5.41) is 3.08. The van der Waals surface area contributed by atoms with Crippen LogP contribution in [0.2, 0.25) is 0 Å². The van der Waals surface area contributed by atoms with Gasteiger partial charge in [0.25, 0.3) is 5.91 Å². The summed E-state index contributed by atoms with van der Waals surface area (Å²) in [6.45, 7) is 8.56. The second-order valence-corrected chi connectivity index (χ2v) is 8.34. The maximum Gasteiger partial charge on any atom is 0.261 e. The highest BCUT2D eigenvalue weighted by Crippen LogP contribution is 2.26. The number of aryl methyl sites for hydroxylation is 2. The molecule has 150 valence electrons. The van der Waals surface area contributed by atoms with Gasteiger partial charge >= 0.3 is 0 Å². The Labute approximate surface area is 164 Å². The zero-order valence-corrected chi connectivity index (χ0v) is 17.1. The van der Waals surface area contributed by atoms with Gasteiger partial charge in [0, 0.05) is 13.1 Å². The fourth-order valence-electron chi connectivity index (χ4n) is 4.39. The molecule has 0 aromatic heterocycles. The van der Waals surface area contributed by atoms with Crippen molar-refractivity contribution >= 4 is 5.91 Å². The summed E-state index contributed by atoms with van der Waals surface area (Å²) in [7, 11) is 0. The molecule has 1 aromatic rings. The number of fused-ring (bicyclic) bond motifs is 1. The summed E-state index contributed by atoms with van der Waals surface area (Å²) in [6.07, 6.45) is 8.79. The molecular formula is C23H36N2O2. The first-order chi connectivity index (χ1) is 13.2. The first kappa shape index (κ1) is 20.2. The van der Waals surface area contributed by atoms with Crippen molar-refractivity contribution in [3.63, 3.8) is 0 Å². The number of piperidine rings is 1. The number of benzene rings is 1. The Morgan fingerprint density at radius 3 is 2.85 bits per heavy atom. The second-order valence-electron chi connectivity index (χ2n) is 8.34. The smallest absolute Gasteiger partial charge is 0.261 e. The molecule has 2 unspecified atom stereocenters. The summed E-state index contributed by atoms with van der Waals surface area (Å²) >= 11 is 0. The van der Waals surface area contributed by atoms with E-state index in [4.69, 9.17) is 4.74 Å². The molecule has 0 radical (unpaired) electrons. The van der Waals surface area contributed by atoms with Crippen molar-refractivity contribution in [1.82, 2.24) is 10.2 Å². The van der Waals surface area contributed by atoms with Crippen LogP contribution in [0.15, 0.2) is 18.2 Å². The van der Waals surface area contributed by atoms with E-state index in [0.717, 1.165) is 37.6 Å². The SMILES string of the molecule is CCC(Oc1ccc2c(c1)CCCC2)C(=O)NCCCN1CCCC(C)C1. The summed E-state index contributed by atoms with van der Waals surface area (Å²) in [6, 6.07) is 6.34. The van der Waals surface area contributed by atoms with Crippen molar-refractivity contribution in [3.05, 3.63) is 29.3 Å². The van der Waals surface area contributed by atoms with E-state index in [1.165, 1.54) is 56.3 Å². The van der Waals surface area contributed by atoms with Gasteiger partial charge in [0.1, 0.15) is 5.75 Å². The van der Waals surface area contributed by atoms with E-state index in [2.05, 4.69) is 29.3 Å². The zero-order valence-electron chi connectivity index (χ0n) is 17.1. The molecule has 0 bridgehead atoms. The molecule has 0 spiro atoms. The van der Waals surface area contributed by atoms with Crippen molar-refractivity contribution in [2.24, 2.45) is 5.92 Å². The number of hydrogen-bond donors (Lipinski definition) is 1. The highest BCUT2D eigenvalue weighted by atomic mass is 16.5. The van der Waals surface area contributed by atoms with E-state index in [0.29, 0.717) is 6.42 Å². The number of carbonyl (C=O) groups excluding carboxylic acids is 1. The van der Waals surface area contributed by atoms with Crippen molar-refractivity contribution < 1.29 is 9.53 Å². The predicted octanol–water partition coefficient (Wildman–Crippen LogP) is 3.96. The molecule has 3 rings (SSSR count). The van der Waals surface area contributed by atoms with Crippen LogP contribution >= 0.6 is 0 Å². The number of likely N-dealkylation sites (tertiary alicyclic amines) is 1. The average molecular weight is 373 g/mol. The highest BCUT2D eigenvalue weighted by Gasteiger charge is 2.20. The van der Waals surface area contributed by atoms with Crippen LogP contribution in [0.5, 0.6) is 5.75 Å². The molecule has 0 saturated carbocycles. The number of nitrogens with one attached hydrogen (secondary N) is 1. The normalized spacial score (nSPS) is 21.3. The third kappa shape index (κ3) is 5.97. The van der Waals surface area contributed by atoms with Crippen molar-refractivity contribution in [2.45, 2.75) is 71.3 Å². The summed E-state index contributed by atoms with van der Waals surface area (Å²) in [5.74, 6) is 1.66. The Hall–Kier alpha value is -1.55. The molecule has 1 saturated heterocycles. The minimum absolute atomic E-state index is 0.0160. The van der Waals surface area contributed by atoms with Gasteiger partial charge in [-0.2, -0.15) is 0 Å². The Morgan fingerprint density at radius 1 is 1.26 bits per heavy atom. The topological polar surface area (TPSA) is 41.6 Å². The lowest BCUT2D eigenvalue weighted by atomic mass is 9.92. The minimum atomic E-state index is -0.401. The maximum atomic E-state index is 12.5. The van der Waals surface area contributed by atoms with E-state index in [1.807, 2.05) is 13.0 Å². The Morgan fingerprint density at radius 2 is 2.07 bits per heavy atom. The lowest BCUT2D eigenvalue weighted by Crippen LogP contribution is -2.40. The number of carbonyl (C=O) groups is 1. The van der Waals surface area contributed by atoms with E-state index in [9.17, 15) is 4.79 Å². The first-order valence-corrected chi connectivity index (χ1v) is 10.9. The molecule has 1 amide bonds. The molecule has 1 aromatic carbocycles. The molecule has 4 heteroatoms. The van der Waals surface area contributed by atoms with Gasteiger partial charge in [-0.15, -0.1) is 0 Å². The quantitative estimate of drug-likeness (QED) is 0.702. The van der Waals surface area contributed by atoms with Gasteiger partial charge in [-0.1, -0.05) is 19.9 Å². The van der Waals surface area contributed by atoms with Gasteiger partial charge in [0.2, 0.25) is 0 Å². The predicted molar refractivity (Wildman–Crippen MR) is 110 cm³/mol.